The van der Waals surface area contributed by atoms with E-state index < -0.39 is 0 Å². The number of benzene rings is 1. The number of carbonyl (C=O) groups excluding carboxylic acids is 1. The van der Waals surface area contributed by atoms with Crippen molar-refractivity contribution in [3.63, 3.8) is 0 Å². The van der Waals surface area contributed by atoms with Crippen molar-refractivity contribution in [3.8, 4) is 11.5 Å². The molecule has 0 saturated heterocycles. The molecule has 1 N–H and O–H groups in total. The van der Waals surface area contributed by atoms with Crippen LogP contribution in [0.5, 0.6) is 11.5 Å². The van der Waals surface area contributed by atoms with Crippen molar-refractivity contribution in [2.75, 3.05) is 13.7 Å². The van der Waals surface area contributed by atoms with Gasteiger partial charge in [-0.25, -0.2) is 0 Å². The third-order valence-electron chi connectivity index (χ3n) is 4.19. The van der Waals surface area contributed by atoms with E-state index in [9.17, 15) is 9.90 Å². The Morgan fingerprint density at radius 1 is 1.41 bits per heavy atom. The Kier molecular flexibility index (Phi) is 3.56. The molecule has 1 atom stereocenters. The molecule has 0 saturated carbocycles. The van der Waals surface area contributed by atoms with Crippen LogP contribution in [0.2, 0.25) is 0 Å². The van der Waals surface area contributed by atoms with Crippen LogP contribution in [0.4, 0.5) is 0 Å². The number of hydrogen-bond donors (Lipinski definition) is 1. The molecular formula is C17H19NO4. The standard InChI is InChI=1S/C17H19NO4/c1-10-4-5-15(22-10)17(20)18-7-6-12-8-14(19)16(21-3)9-13(12)11(18)2/h4-5,8-9,11,19H,6-7H2,1-3H3/t11-/m1/s1. The molecule has 0 bridgehead atoms. The summed E-state index contributed by atoms with van der Waals surface area (Å²) in [6, 6.07) is 6.93. The van der Waals surface area contributed by atoms with E-state index in [4.69, 9.17) is 9.15 Å². The molecular weight excluding hydrogens is 282 g/mol. The van der Waals surface area contributed by atoms with E-state index in [0.29, 0.717) is 24.5 Å². The molecule has 0 radical (unpaired) electrons. The predicted molar refractivity (Wildman–Crippen MR) is 81.3 cm³/mol. The maximum Gasteiger partial charge on any atom is 0.290 e. The van der Waals surface area contributed by atoms with Gasteiger partial charge in [-0.1, -0.05) is 0 Å². The number of hydrogen-bond acceptors (Lipinski definition) is 4. The minimum absolute atomic E-state index is 0.101. The quantitative estimate of drug-likeness (QED) is 0.926. The Labute approximate surface area is 129 Å². The lowest BCUT2D eigenvalue weighted by molar-refractivity contribution is 0.0643. The summed E-state index contributed by atoms with van der Waals surface area (Å²) < 4.78 is 10.6. The fraction of sp³-hybridized carbons (Fsp3) is 0.353. The first-order valence-electron chi connectivity index (χ1n) is 7.28. The van der Waals surface area contributed by atoms with Crippen molar-refractivity contribution in [3.05, 3.63) is 46.9 Å². The zero-order valence-corrected chi connectivity index (χ0v) is 12.9. The molecule has 3 rings (SSSR count). The van der Waals surface area contributed by atoms with Crippen LogP contribution in [0.15, 0.2) is 28.7 Å². The van der Waals surface area contributed by atoms with Crippen LogP contribution in [0, 0.1) is 6.92 Å². The first-order chi connectivity index (χ1) is 10.5. The molecule has 0 aliphatic carbocycles. The molecule has 2 heterocycles. The van der Waals surface area contributed by atoms with Crippen molar-refractivity contribution in [1.82, 2.24) is 4.90 Å². The molecule has 116 valence electrons. The zero-order chi connectivity index (χ0) is 15.9. The maximum atomic E-state index is 12.6. The summed E-state index contributed by atoms with van der Waals surface area (Å²) >= 11 is 0. The normalized spacial score (nSPS) is 17.2. The molecule has 0 spiro atoms. The van der Waals surface area contributed by atoms with Gasteiger partial charge in [-0.2, -0.15) is 0 Å². The average molecular weight is 301 g/mol. The topological polar surface area (TPSA) is 62.9 Å². The van der Waals surface area contributed by atoms with Crippen LogP contribution in [0.1, 0.15) is 40.4 Å². The van der Waals surface area contributed by atoms with E-state index >= 15 is 0 Å². The van der Waals surface area contributed by atoms with E-state index in [1.54, 1.807) is 23.1 Å². The fourth-order valence-electron chi connectivity index (χ4n) is 2.97. The maximum absolute atomic E-state index is 12.6. The first-order valence-corrected chi connectivity index (χ1v) is 7.28. The summed E-state index contributed by atoms with van der Waals surface area (Å²) in [6.45, 7) is 4.39. The van der Waals surface area contributed by atoms with Gasteiger partial charge in [0.15, 0.2) is 17.3 Å². The molecule has 0 unspecified atom stereocenters. The number of aryl methyl sites for hydroxylation is 1. The minimum atomic E-state index is -0.113. The van der Waals surface area contributed by atoms with Gasteiger partial charge in [-0.3, -0.25) is 4.79 Å². The summed E-state index contributed by atoms with van der Waals surface area (Å²) in [6.07, 6.45) is 0.697. The van der Waals surface area contributed by atoms with Gasteiger partial charge in [0, 0.05) is 6.54 Å². The van der Waals surface area contributed by atoms with Gasteiger partial charge < -0.3 is 19.2 Å². The number of ether oxygens (including phenoxy) is 1. The Bertz CT molecular complexity index is 719. The van der Waals surface area contributed by atoms with Gasteiger partial charge >= 0.3 is 0 Å². The van der Waals surface area contributed by atoms with Crippen LogP contribution in [0.25, 0.3) is 0 Å². The van der Waals surface area contributed by atoms with Gasteiger partial charge in [0.05, 0.1) is 13.2 Å². The highest BCUT2D eigenvalue weighted by atomic mass is 16.5. The van der Waals surface area contributed by atoms with Crippen molar-refractivity contribution in [1.29, 1.82) is 0 Å². The van der Waals surface area contributed by atoms with E-state index in [2.05, 4.69) is 0 Å². The summed E-state index contributed by atoms with van der Waals surface area (Å²) in [4.78, 5) is 14.4. The van der Waals surface area contributed by atoms with Gasteiger partial charge in [0.1, 0.15) is 5.76 Å². The van der Waals surface area contributed by atoms with E-state index in [-0.39, 0.29) is 17.7 Å². The minimum Gasteiger partial charge on any atom is -0.504 e. The lowest BCUT2D eigenvalue weighted by atomic mass is 9.92. The lowest BCUT2D eigenvalue weighted by Gasteiger charge is -2.35. The highest BCUT2D eigenvalue weighted by Crippen LogP contribution is 2.37. The number of carbonyl (C=O) groups is 1. The second-order valence-electron chi connectivity index (χ2n) is 5.56. The molecule has 2 aromatic rings. The third-order valence-corrected chi connectivity index (χ3v) is 4.19. The molecule has 1 aliphatic rings. The van der Waals surface area contributed by atoms with E-state index in [0.717, 1.165) is 16.9 Å². The van der Waals surface area contributed by atoms with Crippen LogP contribution in [0.3, 0.4) is 0 Å². The number of fused-ring (bicyclic) bond motifs is 1. The number of furan rings is 1. The number of methoxy groups -OCH3 is 1. The largest absolute Gasteiger partial charge is 0.504 e. The fourth-order valence-corrected chi connectivity index (χ4v) is 2.97. The number of rotatable bonds is 2. The molecule has 1 aromatic heterocycles. The van der Waals surface area contributed by atoms with E-state index in [1.807, 2.05) is 19.9 Å². The zero-order valence-electron chi connectivity index (χ0n) is 12.9. The Morgan fingerprint density at radius 3 is 2.82 bits per heavy atom. The van der Waals surface area contributed by atoms with Crippen molar-refractivity contribution >= 4 is 5.91 Å². The van der Waals surface area contributed by atoms with Crippen LogP contribution in [-0.4, -0.2) is 29.6 Å². The predicted octanol–water partition coefficient (Wildman–Crippen LogP) is 3.06. The third kappa shape index (κ3) is 2.32. The van der Waals surface area contributed by atoms with Crippen LogP contribution >= 0.6 is 0 Å². The molecule has 1 aromatic carbocycles. The average Bonchev–Trinajstić information content (AvgIpc) is 2.93. The van der Waals surface area contributed by atoms with Crippen LogP contribution < -0.4 is 4.74 Å². The highest BCUT2D eigenvalue weighted by Gasteiger charge is 2.30. The summed E-state index contributed by atoms with van der Waals surface area (Å²) in [5.41, 5.74) is 2.04. The Balaban J connectivity index is 1.93. The number of phenols is 1. The molecule has 22 heavy (non-hydrogen) atoms. The second-order valence-corrected chi connectivity index (χ2v) is 5.56. The van der Waals surface area contributed by atoms with Gasteiger partial charge in [-0.05, 0) is 55.7 Å². The van der Waals surface area contributed by atoms with Crippen molar-refractivity contribution < 1.29 is 19.1 Å². The lowest BCUT2D eigenvalue weighted by Crippen LogP contribution is -2.38. The highest BCUT2D eigenvalue weighted by molar-refractivity contribution is 5.92. The number of aromatic hydroxyl groups is 1. The molecule has 5 nitrogen and oxygen atoms in total. The smallest absolute Gasteiger partial charge is 0.290 e. The summed E-state index contributed by atoms with van der Waals surface area (Å²) in [5, 5.41) is 9.89. The number of phenolic OH excluding ortho intramolecular Hbond substituents is 1. The number of amides is 1. The summed E-state index contributed by atoms with van der Waals surface area (Å²) in [5.74, 6) is 1.53. The van der Waals surface area contributed by atoms with E-state index in [1.165, 1.54) is 7.11 Å². The molecule has 1 aliphatic heterocycles. The van der Waals surface area contributed by atoms with Crippen LogP contribution in [-0.2, 0) is 6.42 Å². The molecule has 5 heteroatoms. The molecule has 0 fully saturated rings. The SMILES string of the molecule is COc1cc2c(cc1O)CCN(C(=O)c1ccc(C)o1)[C@@H]2C. The first kappa shape index (κ1) is 14.5. The van der Waals surface area contributed by atoms with Gasteiger partial charge in [0.25, 0.3) is 5.91 Å². The van der Waals surface area contributed by atoms with Crippen molar-refractivity contribution in [2.45, 2.75) is 26.3 Å². The summed E-state index contributed by atoms with van der Waals surface area (Å²) in [7, 11) is 1.52. The van der Waals surface area contributed by atoms with Gasteiger partial charge in [0.2, 0.25) is 0 Å². The Morgan fingerprint density at radius 2 is 2.18 bits per heavy atom. The monoisotopic (exact) mass is 301 g/mol. The van der Waals surface area contributed by atoms with Crippen molar-refractivity contribution in [2.24, 2.45) is 0 Å². The number of nitrogens with zero attached hydrogens (tertiary/aromatic N) is 1. The second kappa shape index (κ2) is 5.40. The molecule has 1 amide bonds. The Hall–Kier alpha value is -2.43. The van der Waals surface area contributed by atoms with Gasteiger partial charge in [-0.15, -0.1) is 0 Å².